The molecule has 0 aliphatic rings. The Morgan fingerprint density at radius 2 is 1.08 bits per heavy atom. The van der Waals surface area contributed by atoms with Gasteiger partial charge in [0.15, 0.2) is 0 Å². The highest BCUT2D eigenvalue weighted by Gasteiger charge is 2.05. The van der Waals surface area contributed by atoms with E-state index in [1.54, 1.807) is 0 Å². The lowest BCUT2D eigenvalue weighted by Crippen LogP contribution is -2.08. The van der Waals surface area contributed by atoms with Crippen molar-refractivity contribution in [2.45, 2.75) is 162 Å². The molecule has 0 spiro atoms. The molecule has 8 heteroatoms. The number of hydrogen-bond acceptors (Lipinski definition) is 5. The second-order valence-electron chi connectivity index (χ2n) is 8.51. The molecule has 1 unspecified atom stereocenters. The predicted octanol–water partition coefficient (Wildman–Crippen LogP) is 10.1. The van der Waals surface area contributed by atoms with Gasteiger partial charge in [-0.25, -0.2) is 0 Å². The van der Waals surface area contributed by atoms with Crippen LogP contribution in [-0.4, -0.2) is 32.7 Å². The standard InChI is InChI=1S/C10H19IO2.C8H15ClO.C8H16O2.C2H4O.CH4/c1-3-4-5-6-7-8-10(12)13-9(2)11;2*1-2-3-4-5-6-7-8(9)10;1-2-3;/h9H,3-8H2,1-2H3;2-7H2,1H3;2-7H2,1H3,(H,9,10);2H,1H3;1H4. The first kappa shape index (κ1) is 46.2. The summed E-state index contributed by atoms with van der Waals surface area (Å²) in [6.07, 6.45) is 19.5. The first-order chi connectivity index (χ1) is 17.1. The number of ether oxygens (including phenoxy) is 1. The number of carbonyl (C=O) groups excluding carboxylic acids is 3. The lowest BCUT2D eigenvalue weighted by Gasteiger charge is -2.05. The van der Waals surface area contributed by atoms with Crippen molar-refractivity contribution in [3.05, 3.63) is 0 Å². The molecule has 1 N–H and O–H groups in total. The molecule has 1 atom stereocenters. The number of carboxylic acid groups (broad SMARTS) is 1. The summed E-state index contributed by atoms with van der Waals surface area (Å²) in [6.45, 7) is 9.82. The molecule has 0 bridgehead atoms. The fraction of sp³-hybridized carbons (Fsp3) is 0.862. The van der Waals surface area contributed by atoms with Crippen LogP contribution in [0.25, 0.3) is 0 Å². The van der Waals surface area contributed by atoms with Crippen molar-refractivity contribution < 1.29 is 29.0 Å². The zero-order valence-corrected chi connectivity index (χ0v) is 26.5. The fourth-order valence-electron chi connectivity index (χ4n) is 2.86. The molecule has 224 valence electrons. The van der Waals surface area contributed by atoms with Crippen LogP contribution in [0.3, 0.4) is 0 Å². The molecule has 0 fully saturated rings. The molecule has 6 nitrogen and oxygen atoms in total. The number of alkyl halides is 1. The van der Waals surface area contributed by atoms with Gasteiger partial charge in [0.1, 0.15) is 10.4 Å². The van der Waals surface area contributed by atoms with Gasteiger partial charge in [0.05, 0.1) is 0 Å². The second kappa shape index (κ2) is 42.4. The Morgan fingerprint density at radius 3 is 1.38 bits per heavy atom. The second-order valence-corrected chi connectivity index (χ2v) is 10.7. The van der Waals surface area contributed by atoms with Crippen LogP contribution in [0.5, 0.6) is 0 Å². The maximum Gasteiger partial charge on any atom is 0.306 e. The summed E-state index contributed by atoms with van der Waals surface area (Å²) in [4.78, 5) is 40.1. The summed E-state index contributed by atoms with van der Waals surface area (Å²) >= 11 is 7.24. The van der Waals surface area contributed by atoms with Crippen LogP contribution in [0.15, 0.2) is 0 Å². The Hall–Kier alpha value is -0.700. The smallest absolute Gasteiger partial charge is 0.306 e. The van der Waals surface area contributed by atoms with Gasteiger partial charge < -0.3 is 14.6 Å². The largest absolute Gasteiger partial charge is 0.481 e. The number of rotatable bonds is 19. The summed E-state index contributed by atoms with van der Waals surface area (Å²) < 4.78 is 5.01. The van der Waals surface area contributed by atoms with Crippen LogP contribution in [0.2, 0.25) is 0 Å². The lowest BCUT2D eigenvalue weighted by molar-refractivity contribution is -0.144. The third-order valence-electron chi connectivity index (χ3n) is 4.75. The van der Waals surface area contributed by atoms with Gasteiger partial charge in [-0.1, -0.05) is 105 Å². The Morgan fingerprint density at radius 1 is 0.757 bits per heavy atom. The lowest BCUT2D eigenvalue weighted by atomic mass is 10.1. The molecule has 0 amide bonds. The third kappa shape index (κ3) is 66.3. The van der Waals surface area contributed by atoms with Gasteiger partial charge in [0.2, 0.25) is 5.24 Å². The third-order valence-corrected chi connectivity index (χ3v) is 5.19. The average molecular weight is 665 g/mol. The number of carboxylic acids is 1. The normalized spacial score (nSPS) is 10.0. The average Bonchev–Trinajstić information content (AvgIpc) is 2.79. The molecule has 0 heterocycles. The Labute approximate surface area is 247 Å². The van der Waals surface area contributed by atoms with E-state index < -0.39 is 5.97 Å². The topological polar surface area (TPSA) is 97.7 Å². The van der Waals surface area contributed by atoms with Crippen molar-refractivity contribution in [2.75, 3.05) is 0 Å². The van der Waals surface area contributed by atoms with Crippen LogP contribution in [-0.2, 0) is 23.9 Å². The van der Waals surface area contributed by atoms with Crippen LogP contribution in [0, 0.1) is 0 Å². The highest BCUT2D eigenvalue weighted by atomic mass is 127. The minimum absolute atomic E-state index is 0. The molecule has 0 aromatic carbocycles. The van der Waals surface area contributed by atoms with E-state index in [4.69, 9.17) is 26.2 Å². The molecule has 0 aliphatic carbocycles. The van der Waals surface area contributed by atoms with Crippen molar-refractivity contribution in [3.8, 4) is 0 Å². The molecular weight excluding hydrogens is 607 g/mol. The van der Waals surface area contributed by atoms with E-state index in [2.05, 4.69) is 43.4 Å². The number of aldehydes is 1. The fourth-order valence-corrected chi connectivity index (χ4v) is 3.28. The molecule has 0 rings (SSSR count). The summed E-state index contributed by atoms with van der Waals surface area (Å²) in [6, 6.07) is 0. The van der Waals surface area contributed by atoms with E-state index >= 15 is 0 Å². The zero-order valence-electron chi connectivity index (χ0n) is 23.6. The van der Waals surface area contributed by atoms with Crippen molar-refractivity contribution in [1.29, 1.82) is 0 Å². The number of halogens is 2. The molecule has 0 aliphatic heterocycles. The monoisotopic (exact) mass is 664 g/mol. The molecular formula is C29H58ClIO6. The highest BCUT2D eigenvalue weighted by molar-refractivity contribution is 14.1. The zero-order chi connectivity index (χ0) is 28.5. The van der Waals surface area contributed by atoms with E-state index in [9.17, 15) is 14.4 Å². The van der Waals surface area contributed by atoms with E-state index in [0.717, 1.165) is 44.8 Å². The summed E-state index contributed by atoms with van der Waals surface area (Å²) in [7, 11) is 0. The molecule has 37 heavy (non-hydrogen) atoms. The predicted molar refractivity (Wildman–Crippen MR) is 167 cm³/mol. The number of aliphatic carboxylic acids is 1. The quantitative estimate of drug-likeness (QED) is 0.0369. The minimum Gasteiger partial charge on any atom is -0.481 e. The van der Waals surface area contributed by atoms with E-state index in [1.165, 1.54) is 64.7 Å². The van der Waals surface area contributed by atoms with Crippen LogP contribution in [0.1, 0.15) is 158 Å². The Balaban J connectivity index is -0.000000131. The maximum atomic E-state index is 11.1. The van der Waals surface area contributed by atoms with E-state index in [0.29, 0.717) is 19.3 Å². The first-order valence-corrected chi connectivity index (χ1v) is 15.4. The van der Waals surface area contributed by atoms with Crippen LogP contribution < -0.4 is 0 Å². The number of unbranched alkanes of at least 4 members (excludes halogenated alkanes) is 12. The number of esters is 1. The molecule has 0 radical (unpaired) electrons. The summed E-state index contributed by atoms with van der Waals surface area (Å²) in [5.41, 5.74) is 0. The SMILES string of the molecule is C.CC=O.CCCCCCCC(=O)Cl.CCCCCCCC(=O)O.CCCCCCCC(=O)OC(C)I. The van der Waals surface area contributed by atoms with Gasteiger partial charge in [-0.2, -0.15) is 0 Å². The van der Waals surface area contributed by atoms with Gasteiger partial charge in [0, 0.05) is 19.3 Å². The Kier molecular flexibility index (Phi) is 52.9. The molecule has 0 saturated carbocycles. The minimum atomic E-state index is -0.670. The molecule has 0 aromatic heterocycles. The van der Waals surface area contributed by atoms with E-state index in [1.807, 2.05) is 6.92 Å². The summed E-state index contributed by atoms with van der Waals surface area (Å²) in [5.74, 6) is -0.727. The van der Waals surface area contributed by atoms with E-state index in [-0.39, 0.29) is 22.7 Å². The molecule has 0 saturated heterocycles. The van der Waals surface area contributed by atoms with Gasteiger partial charge in [-0.3, -0.25) is 14.4 Å². The van der Waals surface area contributed by atoms with Gasteiger partial charge in [0.25, 0.3) is 0 Å². The van der Waals surface area contributed by atoms with Gasteiger partial charge in [-0.05, 0) is 67.3 Å². The summed E-state index contributed by atoms with van der Waals surface area (Å²) in [5, 5.41) is 8.07. The molecule has 0 aromatic rings. The van der Waals surface area contributed by atoms with Crippen molar-refractivity contribution in [3.63, 3.8) is 0 Å². The van der Waals surface area contributed by atoms with Crippen molar-refractivity contribution in [1.82, 2.24) is 0 Å². The van der Waals surface area contributed by atoms with Gasteiger partial charge in [-0.15, -0.1) is 0 Å². The van der Waals surface area contributed by atoms with Gasteiger partial charge >= 0.3 is 11.9 Å². The van der Waals surface area contributed by atoms with Crippen molar-refractivity contribution in [2.24, 2.45) is 0 Å². The first-order valence-electron chi connectivity index (χ1n) is 13.8. The van der Waals surface area contributed by atoms with Crippen LogP contribution in [0.4, 0.5) is 0 Å². The number of carbonyl (C=O) groups is 4. The van der Waals surface area contributed by atoms with Crippen LogP contribution >= 0.6 is 34.2 Å². The van der Waals surface area contributed by atoms with Crippen molar-refractivity contribution >= 4 is 57.7 Å². The number of hydrogen-bond donors (Lipinski definition) is 1. The highest BCUT2D eigenvalue weighted by Crippen LogP contribution is 2.08. The Bertz CT molecular complexity index is 463. The maximum absolute atomic E-state index is 11.1.